The van der Waals surface area contributed by atoms with E-state index in [-0.39, 0.29) is 0 Å². The minimum absolute atomic E-state index is 0.609. The van der Waals surface area contributed by atoms with Crippen LogP contribution in [-0.4, -0.2) is 0 Å². The third-order valence-electron chi connectivity index (χ3n) is 1.45. The molecule has 0 unspecified atom stereocenters. The van der Waals surface area contributed by atoms with E-state index < -0.39 is 0 Å². The molecule has 2 heteroatoms. The Hall–Kier alpha value is -0.0100. The Balaban J connectivity index is 3.03. The number of hydrogen-bond donors (Lipinski definition) is 0. The molecule has 0 N–H and O–H groups in total. The lowest BCUT2D eigenvalue weighted by Gasteiger charge is -2.00. The molecule has 10 heavy (non-hydrogen) atoms. The van der Waals surface area contributed by atoms with Gasteiger partial charge in [0.2, 0.25) is 0 Å². The third kappa shape index (κ3) is 1.53. The standard InChI is InChI=1S/C8H11ClS/c1-5(2)8-6(3)4-7(9)10-8/h4-5H,1-3H3. The second-order valence-corrected chi connectivity index (χ2v) is 4.47. The fourth-order valence-electron chi connectivity index (χ4n) is 1.03. The van der Waals surface area contributed by atoms with Crippen LogP contribution < -0.4 is 0 Å². The summed E-state index contributed by atoms with van der Waals surface area (Å²) in [7, 11) is 0. The van der Waals surface area contributed by atoms with Crippen molar-refractivity contribution in [2.75, 3.05) is 0 Å². The van der Waals surface area contributed by atoms with Crippen molar-refractivity contribution in [3.8, 4) is 0 Å². The van der Waals surface area contributed by atoms with E-state index in [1.165, 1.54) is 10.4 Å². The highest BCUT2D eigenvalue weighted by atomic mass is 35.5. The molecule has 56 valence electrons. The van der Waals surface area contributed by atoms with Gasteiger partial charge in [0.1, 0.15) is 0 Å². The number of hydrogen-bond acceptors (Lipinski definition) is 1. The lowest BCUT2D eigenvalue weighted by atomic mass is 10.1. The summed E-state index contributed by atoms with van der Waals surface area (Å²) in [6.07, 6.45) is 0. The summed E-state index contributed by atoms with van der Waals surface area (Å²) in [5, 5.41) is 0. The first-order chi connectivity index (χ1) is 4.61. The Kier molecular flexibility index (Phi) is 2.37. The Labute approximate surface area is 70.8 Å². The molecule has 0 aliphatic rings. The Morgan fingerprint density at radius 3 is 2.30 bits per heavy atom. The van der Waals surface area contributed by atoms with E-state index >= 15 is 0 Å². The molecule has 0 atom stereocenters. The first kappa shape index (κ1) is 8.09. The van der Waals surface area contributed by atoms with Crippen molar-refractivity contribution in [3.05, 3.63) is 20.8 Å². The maximum Gasteiger partial charge on any atom is 0.0934 e. The molecule has 1 rings (SSSR count). The van der Waals surface area contributed by atoms with E-state index in [0.717, 1.165) is 4.34 Å². The highest BCUT2D eigenvalue weighted by Gasteiger charge is 2.06. The van der Waals surface area contributed by atoms with E-state index in [1.54, 1.807) is 11.3 Å². The number of rotatable bonds is 1. The van der Waals surface area contributed by atoms with Gasteiger partial charge in [-0.05, 0) is 24.5 Å². The van der Waals surface area contributed by atoms with E-state index in [2.05, 4.69) is 20.8 Å². The van der Waals surface area contributed by atoms with Crippen LogP contribution in [0.2, 0.25) is 4.34 Å². The predicted octanol–water partition coefficient (Wildman–Crippen LogP) is 3.83. The van der Waals surface area contributed by atoms with Crippen molar-refractivity contribution in [1.29, 1.82) is 0 Å². The molecule has 1 aromatic heterocycles. The SMILES string of the molecule is Cc1cc(Cl)sc1C(C)C. The molecule has 0 aliphatic carbocycles. The molecule has 0 radical (unpaired) electrons. The van der Waals surface area contributed by atoms with Crippen molar-refractivity contribution in [1.82, 2.24) is 0 Å². The van der Waals surface area contributed by atoms with Gasteiger partial charge in [-0.2, -0.15) is 0 Å². The number of thiophene rings is 1. The van der Waals surface area contributed by atoms with Gasteiger partial charge in [0.05, 0.1) is 4.34 Å². The van der Waals surface area contributed by atoms with Gasteiger partial charge < -0.3 is 0 Å². The number of aryl methyl sites for hydroxylation is 1. The zero-order valence-corrected chi connectivity index (χ0v) is 8.01. The maximum absolute atomic E-state index is 5.83. The topological polar surface area (TPSA) is 0 Å². The van der Waals surface area contributed by atoms with Gasteiger partial charge in [0.25, 0.3) is 0 Å². The molecule has 0 nitrogen and oxygen atoms in total. The summed E-state index contributed by atoms with van der Waals surface area (Å²) in [4.78, 5) is 1.41. The summed E-state index contributed by atoms with van der Waals surface area (Å²) >= 11 is 7.52. The van der Waals surface area contributed by atoms with Gasteiger partial charge in [-0.3, -0.25) is 0 Å². The zero-order valence-electron chi connectivity index (χ0n) is 6.44. The molecule has 0 bridgehead atoms. The molecular formula is C8H11ClS. The third-order valence-corrected chi connectivity index (χ3v) is 3.12. The largest absolute Gasteiger partial charge is 0.128 e. The maximum atomic E-state index is 5.83. The lowest BCUT2D eigenvalue weighted by Crippen LogP contribution is -1.82. The molecular weight excluding hydrogens is 164 g/mol. The molecule has 1 heterocycles. The van der Waals surface area contributed by atoms with Gasteiger partial charge >= 0.3 is 0 Å². The lowest BCUT2D eigenvalue weighted by molar-refractivity contribution is 0.881. The van der Waals surface area contributed by atoms with Crippen LogP contribution in [0.3, 0.4) is 0 Å². The van der Waals surface area contributed by atoms with Crippen molar-refractivity contribution in [2.45, 2.75) is 26.7 Å². The van der Waals surface area contributed by atoms with E-state index in [4.69, 9.17) is 11.6 Å². The van der Waals surface area contributed by atoms with Crippen LogP contribution in [0.5, 0.6) is 0 Å². The highest BCUT2D eigenvalue weighted by Crippen LogP contribution is 2.31. The van der Waals surface area contributed by atoms with Gasteiger partial charge in [-0.25, -0.2) is 0 Å². The summed E-state index contributed by atoms with van der Waals surface area (Å²) in [5.74, 6) is 0.609. The monoisotopic (exact) mass is 174 g/mol. The fourth-order valence-corrected chi connectivity index (χ4v) is 2.34. The van der Waals surface area contributed by atoms with Crippen molar-refractivity contribution in [2.24, 2.45) is 0 Å². The van der Waals surface area contributed by atoms with Gasteiger partial charge in [-0.15, -0.1) is 11.3 Å². The minimum Gasteiger partial charge on any atom is -0.128 e. The van der Waals surface area contributed by atoms with Gasteiger partial charge in [0, 0.05) is 4.88 Å². The van der Waals surface area contributed by atoms with Crippen LogP contribution in [-0.2, 0) is 0 Å². The normalized spacial score (nSPS) is 10.9. The molecule has 0 aliphatic heterocycles. The number of halogens is 1. The van der Waals surface area contributed by atoms with Crippen molar-refractivity contribution in [3.63, 3.8) is 0 Å². The van der Waals surface area contributed by atoms with Gasteiger partial charge in [-0.1, -0.05) is 25.4 Å². The second-order valence-electron chi connectivity index (χ2n) is 2.75. The van der Waals surface area contributed by atoms with E-state index in [0.29, 0.717) is 5.92 Å². The van der Waals surface area contributed by atoms with Crippen LogP contribution in [0, 0.1) is 6.92 Å². The molecule has 0 saturated carbocycles. The van der Waals surface area contributed by atoms with E-state index in [9.17, 15) is 0 Å². The quantitative estimate of drug-likeness (QED) is 0.607. The van der Waals surface area contributed by atoms with Crippen molar-refractivity contribution >= 4 is 22.9 Å². The molecule has 0 aromatic carbocycles. The second kappa shape index (κ2) is 2.93. The van der Waals surface area contributed by atoms with Crippen LogP contribution in [0.15, 0.2) is 6.07 Å². The molecule has 1 aromatic rings. The Morgan fingerprint density at radius 1 is 1.50 bits per heavy atom. The first-order valence-corrected chi connectivity index (χ1v) is 4.56. The van der Waals surface area contributed by atoms with E-state index in [1.807, 2.05) is 6.07 Å². The summed E-state index contributed by atoms with van der Waals surface area (Å²) in [6, 6.07) is 2.03. The smallest absolute Gasteiger partial charge is 0.0934 e. The molecule has 0 saturated heterocycles. The molecule has 0 amide bonds. The van der Waals surface area contributed by atoms with Crippen LogP contribution in [0.25, 0.3) is 0 Å². The average Bonchev–Trinajstić information content (AvgIpc) is 2.10. The summed E-state index contributed by atoms with van der Waals surface area (Å²) in [5.41, 5.74) is 1.32. The highest BCUT2D eigenvalue weighted by molar-refractivity contribution is 7.16. The average molecular weight is 175 g/mol. The van der Waals surface area contributed by atoms with Crippen LogP contribution >= 0.6 is 22.9 Å². The first-order valence-electron chi connectivity index (χ1n) is 3.37. The fraction of sp³-hybridized carbons (Fsp3) is 0.500. The predicted molar refractivity (Wildman–Crippen MR) is 48.2 cm³/mol. The van der Waals surface area contributed by atoms with Crippen LogP contribution in [0.4, 0.5) is 0 Å². The summed E-state index contributed by atoms with van der Waals surface area (Å²) in [6.45, 7) is 6.49. The zero-order chi connectivity index (χ0) is 7.72. The summed E-state index contributed by atoms with van der Waals surface area (Å²) < 4.78 is 0.904. The Bertz CT molecular complexity index is 225. The minimum atomic E-state index is 0.609. The van der Waals surface area contributed by atoms with Crippen molar-refractivity contribution < 1.29 is 0 Å². The van der Waals surface area contributed by atoms with Crippen LogP contribution in [0.1, 0.15) is 30.2 Å². The molecule has 0 fully saturated rings. The van der Waals surface area contributed by atoms with Gasteiger partial charge in [0.15, 0.2) is 0 Å². The Morgan fingerprint density at radius 2 is 2.10 bits per heavy atom. The molecule has 0 spiro atoms.